The van der Waals surface area contributed by atoms with Crippen LogP contribution in [0.3, 0.4) is 0 Å². The van der Waals surface area contributed by atoms with Crippen LogP contribution in [0.15, 0.2) is 55.1 Å². The van der Waals surface area contributed by atoms with Crippen LogP contribution < -0.4 is 5.32 Å². The summed E-state index contributed by atoms with van der Waals surface area (Å²) in [4.78, 5) is 26.3. The zero-order valence-corrected chi connectivity index (χ0v) is 14.9. The van der Waals surface area contributed by atoms with Gasteiger partial charge in [-0.3, -0.25) is 9.59 Å². The number of benzene rings is 2. The Bertz CT molecular complexity index is 874. The van der Waals surface area contributed by atoms with Crippen molar-refractivity contribution in [2.45, 2.75) is 19.4 Å². The van der Waals surface area contributed by atoms with Crippen LogP contribution in [0, 0.1) is 5.92 Å². The lowest BCUT2D eigenvalue weighted by Gasteiger charge is -2.24. The van der Waals surface area contributed by atoms with Crippen molar-refractivity contribution >= 4 is 17.5 Å². The minimum absolute atomic E-state index is 0.123. The van der Waals surface area contributed by atoms with E-state index in [1.165, 1.54) is 18.2 Å². The van der Waals surface area contributed by atoms with E-state index in [9.17, 15) is 19.8 Å². The molecular formula is C21H22N2O4. The average molecular weight is 366 g/mol. The molecule has 27 heavy (non-hydrogen) atoms. The molecule has 1 fully saturated rings. The van der Waals surface area contributed by atoms with E-state index in [1.54, 1.807) is 23.1 Å². The normalized spacial score (nSPS) is 13.0. The SMILES string of the molecule is C=CC(=O)Nc1ccc(O)c(C(=O)N(Cc2cccc(O)c2)CC2CC2)c1. The van der Waals surface area contributed by atoms with E-state index in [1.807, 2.05) is 6.07 Å². The molecule has 1 aliphatic rings. The summed E-state index contributed by atoms with van der Waals surface area (Å²) < 4.78 is 0. The molecule has 6 nitrogen and oxygen atoms in total. The van der Waals surface area contributed by atoms with Crippen LogP contribution in [-0.2, 0) is 11.3 Å². The Kier molecular flexibility index (Phi) is 5.45. The maximum Gasteiger partial charge on any atom is 0.257 e. The molecule has 6 heteroatoms. The monoisotopic (exact) mass is 366 g/mol. The molecule has 140 valence electrons. The van der Waals surface area contributed by atoms with Gasteiger partial charge in [-0.1, -0.05) is 18.7 Å². The highest BCUT2D eigenvalue weighted by atomic mass is 16.3. The number of hydrogen-bond acceptors (Lipinski definition) is 4. The average Bonchev–Trinajstić information content (AvgIpc) is 3.46. The molecule has 0 radical (unpaired) electrons. The third-order valence-electron chi connectivity index (χ3n) is 4.43. The minimum Gasteiger partial charge on any atom is -0.508 e. The fourth-order valence-electron chi connectivity index (χ4n) is 2.86. The number of phenolic OH excluding ortho intramolecular Hbond substituents is 2. The van der Waals surface area contributed by atoms with Gasteiger partial charge in [-0.25, -0.2) is 0 Å². The molecule has 1 aliphatic carbocycles. The van der Waals surface area contributed by atoms with Crippen LogP contribution in [0.4, 0.5) is 5.69 Å². The van der Waals surface area contributed by atoms with Crippen molar-refractivity contribution < 1.29 is 19.8 Å². The standard InChI is InChI=1S/C21H22N2O4/c1-2-20(26)22-16-8-9-19(25)18(11-16)21(27)23(12-14-6-7-14)13-15-4-3-5-17(24)10-15/h2-5,8-11,14,24-25H,1,6-7,12-13H2,(H,22,26). The van der Waals surface area contributed by atoms with Crippen molar-refractivity contribution in [3.05, 3.63) is 66.2 Å². The first-order chi connectivity index (χ1) is 13.0. The number of amides is 2. The summed E-state index contributed by atoms with van der Waals surface area (Å²) in [5, 5.41) is 22.4. The van der Waals surface area contributed by atoms with E-state index >= 15 is 0 Å². The van der Waals surface area contributed by atoms with Gasteiger partial charge in [0, 0.05) is 18.8 Å². The summed E-state index contributed by atoms with van der Waals surface area (Å²) in [6.45, 7) is 4.30. The Morgan fingerprint density at radius 3 is 2.63 bits per heavy atom. The number of carbonyl (C=O) groups is 2. The smallest absolute Gasteiger partial charge is 0.257 e. The Morgan fingerprint density at radius 1 is 1.19 bits per heavy atom. The Balaban J connectivity index is 1.85. The molecule has 0 saturated heterocycles. The minimum atomic E-state index is -0.395. The molecule has 2 amide bonds. The molecule has 2 aromatic rings. The predicted molar refractivity (Wildman–Crippen MR) is 103 cm³/mol. The first-order valence-corrected chi connectivity index (χ1v) is 8.80. The maximum atomic E-state index is 13.1. The molecular weight excluding hydrogens is 344 g/mol. The lowest BCUT2D eigenvalue weighted by molar-refractivity contribution is -0.111. The molecule has 0 atom stereocenters. The number of rotatable bonds is 7. The van der Waals surface area contributed by atoms with Gasteiger partial charge in [0.05, 0.1) is 5.56 Å². The number of nitrogens with zero attached hydrogens (tertiary/aromatic N) is 1. The molecule has 0 heterocycles. The van der Waals surface area contributed by atoms with Crippen molar-refractivity contribution in [2.75, 3.05) is 11.9 Å². The van der Waals surface area contributed by atoms with Crippen LogP contribution >= 0.6 is 0 Å². The van der Waals surface area contributed by atoms with E-state index < -0.39 is 5.91 Å². The fraction of sp³-hybridized carbons (Fsp3) is 0.238. The van der Waals surface area contributed by atoms with Crippen molar-refractivity contribution in [2.24, 2.45) is 5.92 Å². The molecule has 0 aromatic heterocycles. The molecule has 3 rings (SSSR count). The molecule has 0 bridgehead atoms. The van der Waals surface area contributed by atoms with Crippen molar-refractivity contribution in [3.63, 3.8) is 0 Å². The third kappa shape index (κ3) is 4.88. The first kappa shape index (κ1) is 18.5. The molecule has 0 unspecified atom stereocenters. The highest BCUT2D eigenvalue weighted by molar-refractivity contribution is 6.02. The third-order valence-corrected chi connectivity index (χ3v) is 4.43. The van der Waals surface area contributed by atoms with Gasteiger partial charge in [0.15, 0.2) is 0 Å². The Labute approximate surface area is 157 Å². The zero-order chi connectivity index (χ0) is 19.4. The summed E-state index contributed by atoms with van der Waals surface area (Å²) in [5.74, 6) is -0.264. The summed E-state index contributed by atoms with van der Waals surface area (Å²) >= 11 is 0. The largest absolute Gasteiger partial charge is 0.508 e. The predicted octanol–water partition coefficient (Wildman–Crippen LogP) is 3.27. The van der Waals surface area contributed by atoms with Crippen LogP contribution in [0.5, 0.6) is 11.5 Å². The second-order valence-corrected chi connectivity index (χ2v) is 6.72. The highest BCUT2D eigenvalue weighted by Crippen LogP contribution is 2.32. The van der Waals surface area contributed by atoms with Gasteiger partial charge in [0.25, 0.3) is 5.91 Å². The van der Waals surface area contributed by atoms with Crippen molar-refractivity contribution in [3.8, 4) is 11.5 Å². The van der Waals surface area contributed by atoms with Gasteiger partial charge in [-0.2, -0.15) is 0 Å². The van der Waals surface area contributed by atoms with Gasteiger partial charge in [0.2, 0.25) is 5.91 Å². The lowest BCUT2D eigenvalue weighted by Crippen LogP contribution is -2.32. The molecule has 0 aliphatic heterocycles. The van der Waals surface area contributed by atoms with E-state index in [-0.39, 0.29) is 23.0 Å². The van der Waals surface area contributed by atoms with Crippen LogP contribution in [0.25, 0.3) is 0 Å². The van der Waals surface area contributed by atoms with Crippen LogP contribution in [-0.4, -0.2) is 33.5 Å². The number of anilines is 1. The van der Waals surface area contributed by atoms with Crippen LogP contribution in [0.2, 0.25) is 0 Å². The number of nitrogens with one attached hydrogen (secondary N) is 1. The Morgan fingerprint density at radius 2 is 1.96 bits per heavy atom. The Hall–Kier alpha value is -3.28. The summed E-state index contributed by atoms with van der Waals surface area (Å²) in [7, 11) is 0. The fourth-order valence-corrected chi connectivity index (χ4v) is 2.86. The molecule has 2 aromatic carbocycles. The van der Waals surface area contributed by atoms with Gasteiger partial charge >= 0.3 is 0 Å². The van der Waals surface area contributed by atoms with Gasteiger partial charge in [-0.05, 0) is 60.7 Å². The first-order valence-electron chi connectivity index (χ1n) is 8.80. The topological polar surface area (TPSA) is 89.9 Å². The number of hydrogen-bond donors (Lipinski definition) is 3. The molecule has 3 N–H and O–H groups in total. The number of carbonyl (C=O) groups excluding carboxylic acids is 2. The van der Waals surface area contributed by atoms with Crippen molar-refractivity contribution in [1.29, 1.82) is 0 Å². The zero-order valence-electron chi connectivity index (χ0n) is 14.9. The van der Waals surface area contributed by atoms with E-state index in [4.69, 9.17) is 0 Å². The second kappa shape index (κ2) is 7.95. The molecule has 0 spiro atoms. The van der Waals surface area contributed by atoms with Gasteiger partial charge in [0.1, 0.15) is 11.5 Å². The van der Waals surface area contributed by atoms with Crippen molar-refractivity contribution in [1.82, 2.24) is 4.90 Å². The summed E-state index contributed by atoms with van der Waals surface area (Å²) in [6.07, 6.45) is 3.28. The van der Waals surface area contributed by atoms with E-state index in [2.05, 4.69) is 11.9 Å². The lowest BCUT2D eigenvalue weighted by atomic mass is 10.1. The maximum absolute atomic E-state index is 13.1. The summed E-state index contributed by atoms with van der Waals surface area (Å²) in [5.41, 5.74) is 1.34. The number of aromatic hydroxyl groups is 2. The number of phenols is 2. The second-order valence-electron chi connectivity index (χ2n) is 6.72. The van der Waals surface area contributed by atoms with Gasteiger partial charge < -0.3 is 20.4 Å². The quantitative estimate of drug-likeness (QED) is 0.518. The highest BCUT2D eigenvalue weighted by Gasteiger charge is 2.28. The van der Waals surface area contributed by atoms with Crippen LogP contribution in [0.1, 0.15) is 28.8 Å². The van der Waals surface area contributed by atoms with E-state index in [0.717, 1.165) is 24.5 Å². The summed E-state index contributed by atoms with van der Waals surface area (Å²) in [6, 6.07) is 11.1. The molecule has 1 saturated carbocycles. The van der Waals surface area contributed by atoms with Gasteiger partial charge in [-0.15, -0.1) is 0 Å². The van der Waals surface area contributed by atoms with E-state index in [0.29, 0.717) is 24.7 Å².